The third-order valence-corrected chi connectivity index (χ3v) is 5.89. The molecule has 0 radical (unpaired) electrons. The van der Waals surface area contributed by atoms with Crippen molar-refractivity contribution in [1.29, 1.82) is 0 Å². The van der Waals surface area contributed by atoms with Crippen molar-refractivity contribution in [2.75, 3.05) is 13.1 Å². The molecule has 22 heavy (non-hydrogen) atoms. The minimum Gasteiger partial charge on any atom is -0.448 e. The highest BCUT2D eigenvalue weighted by Gasteiger charge is 2.76. The van der Waals surface area contributed by atoms with E-state index in [-0.39, 0.29) is 11.9 Å². The van der Waals surface area contributed by atoms with Gasteiger partial charge in [0, 0.05) is 18.5 Å². The molecule has 4 heteroatoms. The molecule has 0 N–H and O–H groups in total. The van der Waals surface area contributed by atoms with Gasteiger partial charge in [0.05, 0.1) is 5.41 Å². The highest BCUT2D eigenvalue weighted by molar-refractivity contribution is 5.96. The summed E-state index contributed by atoms with van der Waals surface area (Å²) in [4.78, 5) is 27.6. The summed E-state index contributed by atoms with van der Waals surface area (Å²) in [5.41, 5.74) is -1.97. The molecule has 2 aliphatic rings. The second-order valence-electron chi connectivity index (χ2n) is 8.67. The summed E-state index contributed by atoms with van der Waals surface area (Å²) in [6.07, 6.45) is 1.38. The fourth-order valence-electron chi connectivity index (χ4n) is 4.10. The van der Waals surface area contributed by atoms with Crippen LogP contribution in [0.5, 0.6) is 0 Å². The fourth-order valence-corrected chi connectivity index (χ4v) is 4.10. The quantitative estimate of drug-likeness (QED) is 0.732. The number of carbonyl (C=O) groups is 2. The summed E-state index contributed by atoms with van der Waals surface area (Å²) < 4.78 is 5.74. The number of hydrogen-bond acceptors (Lipinski definition) is 3. The van der Waals surface area contributed by atoms with Gasteiger partial charge < -0.3 is 9.64 Å². The highest BCUT2D eigenvalue weighted by atomic mass is 16.6. The van der Waals surface area contributed by atoms with Gasteiger partial charge in [-0.05, 0) is 31.6 Å². The van der Waals surface area contributed by atoms with Gasteiger partial charge in [-0.1, -0.05) is 41.5 Å². The molecule has 0 aromatic rings. The predicted molar refractivity (Wildman–Crippen MR) is 86.2 cm³/mol. The van der Waals surface area contributed by atoms with E-state index in [9.17, 15) is 9.59 Å². The first-order chi connectivity index (χ1) is 9.98. The number of nitrogens with zero attached hydrogens (tertiary/aromatic N) is 1. The number of carbonyl (C=O) groups excluding carboxylic acids is 2. The van der Waals surface area contributed by atoms with E-state index >= 15 is 0 Å². The SMILES string of the molecule is CC(C)CN(CC(C)C)C(=O)[C@@]12CC[C@](C)(C(=O)O1)C2(C)C. The summed E-state index contributed by atoms with van der Waals surface area (Å²) in [5.74, 6) is 0.597. The fraction of sp³-hybridized carbons (Fsp3) is 0.889. The minimum atomic E-state index is -0.970. The number of rotatable bonds is 5. The van der Waals surface area contributed by atoms with E-state index in [0.717, 1.165) is 6.42 Å². The van der Waals surface area contributed by atoms with Crippen LogP contribution in [0.1, 0.15) is 61.3 Å². The van der Waals surface area contributed by atoms with Crippen LogP contribution in [0.4, 0.5) is 0 Å². The normalized spacial score (nSPS) is 32.7. The number of amides is 1. The molecule has 1 aliphatic carbocycles. The Labute approximate surface area is 134 Å². The van der Waals surface area contributed by atoms with Crippen LogP contribution in [-0.2, 0) is 14.3 Å². The lowest BCUT2D eigenvalue weighted by molar-refractivity contribution is -0.174. The average Bonchev–Trinajstić information content (AvgIpc) is 2.66. The van der Waals surface area contributed by atoms with E-state index in [4.69, 9.17) is 4.74 Å². The molecule has 2 bridgehead atoms. The minimum absolute atomic E-state index is 0.00877. The summed E-state index contributed by atoms with van der Waals surface area (Å²) in [5, 5.41) is 0. The van der Waals surface area contributed by atoms with E-state index in [1.165, 1.54) is 0 Å². The Morgan fingerprint density at radius 1 is 1.09 bits per heavy atom. The maximum Gasteiger partial charge on any atom is 0.313 e. The van der Waals surface area contributed by atoms with Crippen LogP contribution in [0.15, 0.2) is 0 Å². The molecule has 2 rings (SSSR count). The predicted octanol–water partition coefficient (Wildman–Crippen LogP) is 3.25. The van der Waals surface area contributed by atoms with Gasteiger partial charge in [-0.3, -0.25) is 9.59 Å². The lowest BCUT2D eigenvalue weighted by Gasteiger charge is -2.40. The van der Waals surface area contributed by atoms with Crippen LogP contribution >= 0.6 is 0 Å². The first kappa shape index (κ1) is 17.3. The number of hydrogen-bond donors (Lipinski definition) is 0. The molecule has 1 saturated carbocycles. The third-order valence-electron chi connectivity index (χ3n) is 5.89. The molecule has 1 aliphatic heterocycles. The molecule has 0 spiro atoms. The number of esters is 1. The van der Waals surface area contributed by atoms with Gasteiger partial charge in [0.15, 0.2) is 5.60 Å². The van der Waals surface area contributed by atoms with Crippen LogP contribution in [0.25, 0.3) is 0 Å². The van der Waals surface area contributed by atoms with Crippen LogP contribution in [0, 0.1) is 22.7 Å². The van der Waals surface area contributed by atoms with Gasteiger partial charge in [0.1, 0.15) is 0 Å². The highest BCUT2D eigenvalue weighted by Crippen LogP contribution is 2.65. The third kappa shape index (κ3) is 2.17. The molecule has 1 amide bonds. The van der Waals surface area contributed by atoms with Crippen molar-refractivity contribution in [2.45, 2.75) is 66.9 Å². The first-order valence-electron chi connectivity index (χ1n) is 8.51. The van der Waals surface area contributed by atoms with Crippen LogP contribution in [0.2, 0.25) is 0 Å². The van der Waals surface area contributed by atoms with Gasteiger partial charge in [-0.25, -0.2) is 0 Å². The molecule has 1 saturated heterocycles. The number of fused-ring (bicyclic) bond motifs is 2. The molecule has 2 atom stereocenters. The molecular formula is C18H31NO3. The van der Waals surface area contributed by atoms with Gasteiger partial charge in [0.25, 0.3) is 5.91 Å². The van der Waals surface area contributed by atoms with E-state index < -0.39 is 16.4 Å². The van der Waals surface area contributed by atoms with E-state index in [1.54, 1.807) is 0 Å². The Kier molecular flexibility index (Phi) is 4.12. The Morgan fingerprint density at radius 3 is 1.91 bits per heavy atom. The Hall–Kier alpha value is -1.06. The number of ether oxygens (including phenoxy) is 1. The van der Waals surface area contributed by atoms with Crippen molar-refractivity contribution in [3.8, 4) is 0 Å². The first-order valence-corrected chi connectivity index (χ1v) is 8.51. The maximum absolute atomic E-state index is 13.3. The zero-order valence-electron chi connectivity index (χ0n) is 15.2. The summed E-state index contributed by atoms with van der Waals surface area (Å²) >= 11 is 0. The standard InChI is InChI=1S/C18H31NO3/c1-12(2)10-19(11-13(3)4)14(20)18-9-8-17(7,15(21)22-18)16(18,5)6/h12-13H,8-11H2,1-7H3/t17-,18-/m1/s1. The van der Waals surface area contributed by atoms with Crippen LogP contribution in [0.3, 0.4) is 0 Å². The lowest BCUT2D eigenvalue weighted by Crippen LogP contribution is -2.56. The van der Waals surface area contributed by atoms with Crippen molar-refractivity contribution in [3.05, 3.63) is 0 Å². The summed E-state index contributed by atoms with van der Waals surface area (Å²) in [6, 6.07) is 0. The molecule has 2 fully saturated rings. The van der Waals surface area contributed by atoms with Crippen molar-refractivity contribution in [3.63, 3.8) is 0 Å². The van der Waals surface area contributed by atoms with E-state index in [0.29, 0.717) is 31.3 Å². The van der Waals surface area contributed by atoms with E-state index in [1.807, 2.05) is 25.7 Å². The Morgan fingerprint density at radius 2 is 1.59 bits per heavy atom. The van der Waals surface area contributed by atoms with Crippen molar-refractivity contribution in [2.24, 2.45) is 22.7 Å². The van der Waals surface area contributed by atoms with Gasteiger partial charge in [-0.15, -0.1) is 0 Å². The molecule has 126 valence electrons. The zero-order valence-corrected chi connectivity index (χ0v) is 15.2. The second kappa shape index (κ2) is 5.24. The lowest BCUT2D eigenvalue weighted by atomic mass is 9.66. The summed E-state index contributed by atoms with van der Waals surface area (Å²) in [7, 11) is 0. The largest absolute Gasteiger partial charge is 0.448 e. The molecule has 0 aromatic carbocycles. The molecule has 0 aromatic heterocycles. The van der Waals surface area contributed by atoms with Crippen molar-refractivity contribution in [1.82, 2.24) is 4.90 Å². The Balaban J connectivity index is 2.36. The van der Waals surface area contributed by atoms with Crippen LogP contribution < -0.4 is 0 Å². The molecular weight excluding hydrogens is 278 g/mol. The van der Waals surface area contributed by atoms with Gasteiger partial charge in [0.2, 0.25) is 0 Å². The van der Waals surface area contributed by atoms with Crippen molar-refractivity contribution < 1.29 is 14.3 Å². The second-order valence-corrected chi connectivity index (χ2v) is 8.67. The average molecular weight is 309 g/mol. The Bertz CT molecular complexity index is 473. The molecule has 1 heterocycles. The smallest absolute Gasteiger partial charge is 0.313 e. The van der Waals surface area contributed by atoms with Gasteiger partial charge in [-0.2, -0.15) is 0 Å². The summed E-state index contributed by atoms with van der Waals surface area (Å²) in [6.45, 7) is 15.9. The zero-order chi connectivity index (χ0) is 16.9. The topological polar surface area (TPSA) is 46.6 Å². The maximum atomic E-state index is 13.3. The van der Waals surface area contributed by atoms with Gasteiger partial charge >= 0.3 is 5.97 Å². The molecule has 0 unspecified atom stereocenters. The van der Waals surface area contributed by atoms with Crippen LogP contribution in [-0.4, -0.2) is 35.5 Å². The molecule has 4 nitrogen and oxygen atoms in total. The van der Waals surface area contributed by atoms with E-state index in [2.05, 4.69) is 27.7 Å². The monoisotopic (exact) mass is 309 g/mol. The van der Waals surface area contributed by atoms with Crippen molar-refractivity contribution >= 4 is 11.9 Å².